The van der Waals surface area contributed by atoms with Crippen molar-refractivity contribution in [1.29, 1.82) is 0 Å². The third kappa shape index (κ3) is 4.48. The Kier molecular flexibility index (Phi) is 6.34. The van der Waals surface area contributed by atoms with Gasteiger partial charge in [0.25, 0.3) is 16.8 Å². The number of benzene rings is 1. The highest BCUT2D eigenvalue weighted by Gasteiger charge is 2.27. The number of carbonyl (C=O) groups is 1. The molecule has 180 valence electrons. The van der Waals surface area contributed by atoms with Gasteiger partial charge in [0, 0.05) is 7.05 Å². The number of aryl methyl sites for hydroxylation is 1. The first kappa shape index (κ1) is 23.6. The molecule has 10 heteroatoms. The normalized spacial score (nSPS) is 15.4. The molecule has 0 aliphatic carbocycles. The maximum absolute atomic E-state index is 13.0. The number of nitrogens with one attached hydrogen (secondary N) is 2. The summed E-state index contributed by atoms with van der Waals surface area (Å²) >= 11 is 0. The van der Waals surface area contributed by atoms with E-state index < -0.39 is 22.5 Å². The number of rotatable bonds is 7. The van der Waals surface area contributed by atoms with Gasteiger partial charge in [-0.15, -0.1) is 0 Å². The highest BCUT2D eigenvalue weighted by Crippen LogP contribution is 2.33. The second-order valence-electron chi connectivity index (χ2n) is 8.08. The number of furan rings is 1. The number of hydrogen-bond donors (Lipinski definition) is 3. The number of amides is 1. The molecule has 0 fully saturated rings. The van der Waals surface area contributed by atoms with Crippen molar-refractivity contribution >= 4 is 28.8 Å². The summed E-state index contributed by atoms with van der Waals surface area (Å²) in [5, 5.41) is 20.5. The van der Waals surface area contributed by atoms with Gasteiger partial charge in [-0.25, -0.2) is 0 Å². The molecule has 2 aromatic carbocycles. The second kappa shape index (κ2) is 9.38. The standard InChI is InChI=1S/C25H24N4O6/c1-5-16(18-11-9-13(2)34-18)26-20-21(24(32)23(20)31)27-17-8-6-7-15(22(17)30)25(33)29(4)19-12-10-14(3)35-28-19/h6-9,11,14,16,26-27,30H,5H2,1-4H3/t14?,16-/m1/s1. The van der Waals surface area contributed by atoms with Crippen molar-refractivity contribution in [2.45, 2.75) is 39.3 Å². The van der Waals surface area contributed by atoms with E-state index in [1.807, 2.05) is 19.9 Å². The lowest BCUT2D eigenvalue weighted by molar-refractivity contribution is 0.0833. The van der Waals surface area contributed by atoms with Gasteiger partial charge in [-0.05, 0) is 56.4 Å². The molecule has 1 aliphatic rings. The predicted octanol–water partition coefficient (Wildman–Crippen LogP) is 3.00. The van der Waals surface area contributed by atoms with Gasteiger partial charge in [0.2, 0.25) is 5.84 Å². The Bertz CT molecular complexity index is 1450. The van der Waals surface area contributed by atoms with Gasteiger partial charge in [0.05, 0.1) is 17.3 Å². The molecule has 4 rings (SSSR count). The smallest absolute Gasteiger partial charge is 0.263 e. The topological polar surface area (TPSA) is 133 Å². The Labute approximate surface area is 200 Å². The molecule has 1 unspecified atom stereocenters. The molecular formula is C25H24N4O6. The van der Waals surface area contributed by atoms with Gasteiger partial charge in [-0.1, -0.05) is 18.1 Å². The van der Waals surface area contributed by atoms with E-state index in [2.05, 4.69) is 27.6 Å². The number of amidine groups is 1. The van der Waals surface area contributed by atoms with Crippen LogP contribution in [0.5, 0.6) is 5.75 Å². The van der Waals surface area contributed by atoms with E-state index in [0.717, 1.165) is 10.7 Å². The number of phenols is 1. The van der Waals surface area contributed by atoms with E-state index in [1.54, 1.807) is 13.0 Å². The Balaban J connectivity index is 1.58. The fourth-order valence-corrected chi connectivity index (χ4v) is 3.56. The lowest BCUT2D eigenvalue weighted by Crippen LogP contribution is -2.37. The van der Waals surface area contributed by atoms with Crippen LogP contribution in [-0.2, 0) is 4.84 Å². The summed E-state index contributed by atoms with van der Waals surface area (Å²) < 4.78 is 5.65. The van der Waals surface area contributed by atoms with E-state index in [1.165, 1.54) is 25.2 Å². The fraction of sp³-hybridized carbons (Fsp3) is 0.280. The monoisotopic (exact) mass is 476 g/mol. The third-order valence-corrected chi connectivity index (χ3v) is 5.57. The zero-order chi connectivity index (χ0) is 25.3. The molecule has 2 heterocycles. The molecule has 10 nitrogen and oxygen atoms in total. The van der Waals surface area contributed by atoms with E-state index in [9.17, 15) is 19.5 Å². The van der Waals surface area contributed by atoms with Crippen LogP contribution < -0.4 is 21.5 Å². The zero-order valence-electron chi connectivity index (χ0n) is 19.6. The minimum Gasteiger partial charge on any atom is -0.505 e. The average Bonchev–Trinajstić information content (AvgIpc) is 3.29. The molecule has 0 saturated heterocycles. The summed E-state index contributed by atoms with van der Waals surface area (Å²) in [6.07, 6.45) is 0.216. The molecule has 2 atom stereocenters. The maximum atomic E-state index is 13.0. The number of aromatic hydroxyl groups is 1. The first-order valence-corrected chi connectivity index (χ1v) is 11.0. The summed E-state index contributed by atoms with van der Waals surface area (Å²) in [6.45, 7) is 5.45. The van der Waals surface area contributed by atoms with E-state index in [-0.39, 0.29) is 40.6 Å². The van der Waals surface area contributed by atoms with Crippen molar-refractivity contribution in [1.82, 2.24) is 4.90 Å². The molecule has 0 radical (unpaired) electrons. The number of para-hydroxylation sites is 1. The minimum atomic E-state index is -0.732. The van der Waals surface area contributed by atoms with Crippen LogP contribution in [-0.4, -0.2) is 34.9 Å². The lowest BCUT2D eigenvalue weighted by atomic mass is 10.1. The highest BCUT2D eigenvalue weighted by atomic mass is 16.6. The van der Waals surface area contributed by atoms with Crippen LogP contribution in [0.1, 0.15) is 48.2 Å². The lowest BCUT2D eigenvalue weighted by Gasteiger charge is -2.21. The van der Waals surface area contributed by atoms with Gasteiger partial charge >= 0.3 is 0 Å². The van der Waals surface area contributed by atoms with Crippen molar-refractivity contribution in [2.75, 3.05) is 17.7 Å². The second-order valence-corrected chi connectivity index (χ2v) is 8.08. The van der Waals surface area contributed by atoms with Gasteiger partial charge in [-0.3, -0.25) is 19.3 Å². The Morgan fingerprint density at radius 2 is 1.97 bits per heavy atom. The molecule has 3 N–H and O–H groups in total. The Hall–Kier alpha value is -4.52. The highest BCUT2D eigenvalue weighted by molar-refractivity contribution is 6.13. The van der Waals surface area contributed by atoms with Crippen LogP contribution >= 0.6 is 0 Å². The van der Waals surface area contributed by atoms with Crippen molar-refractivity contribution in [3.05, 3.63) is 67.9 Å². The number of anilines is 3. The van der Waals surface area contributed by atoms with Crippen LogP contribution in [0.3, 0.4) is 0 Å². The van der Waals surface area contributed by atoms with Crippen LogP contribution in [0.15, 0.2) is 49.5 Å². The van der Waals surface area contributed by atoms with Crippen LogP contribution in [0.25, 0.3) is 0 Å². The summed E-state index contributed by atoms with van der Waals surface area (Å²) in [7, 11) is 1.45. The molecule has 3 aromatic rings. The van der Waals surface area contributed by atoms with Crippen molar-refractivity contribution < 1.29 is 19.2 Å². The van der Waals surface area contributed by atoms with Gasteiger partial charge < -0.3 is 25.0 Å². The predicted molar refractivity (Wildman–Crippen MR) is 131 cm³/mol. The molecule has 1 aliphatic heterocycles. The van der Waals surface area contributed by atoms with E-state index >= 15 is 0 Å². The van der Waals surface area contributed by atoms with Crippen LogP contribution in [0, 0.1) is 18.8 Å². The summed E-state index contributed by atoms with van der Waals surface area (Å²) in [5.41, 5.74) is -1.29. The average molecular weight is 476 g/mol. The number of nitrogens with zero attached hydrogens (tertiary/aromatic N) is 2. The Morgan fingerprint density at radius 1 is 1.23 bits per heavy atom. The van der Waals surface area contributed by atoms with Crippen molar-refractivity contribution in [2.24, 2.45) is 5.16 Å². The molecule has 0 saturated carbocycles. The van der Waals surface area contributed by atoms with Crippen LogP contribution in [0.2, 0.25) is 0 Å². The third-order valence-electron chi connectivity index (χ3n) is 5.57. The first-order valence-electron chi connectivity index (χ1n) is 11.0. The number of oxime groups is 1. The van der Waals surface area contributed by atoms with Crippen molar-refractivity contribution in [3.63, 3.8) is 0 Å². The fourth-order valence-electron chi connectivity index (χ4n) is 3.56. The number of phenolic OH excluding ortho intramolecular Hbond substituents is 1. The molecule has 0 spiro atoms. The van der Waals surface area contributed by atoms with Gasteiger partial charge in [-0.2, -0.15) is 0 Å². The molecule has 35 heavy (non-hydrogen) atoms. The molecular weight excluding hydrogens is 452 g/mol. The first-order chi connectivity index (χ1) is 16.7. The van der Waals surface area contributed by atoms with Crippen molar-refractivity contribution in [3.8, 4) is 17.6 Å². The number of hydrogen-bond acceptors (Lipinski definition) is 9. The van der Waals surface area contributed by atoms with Gasteiger partial charge in [0.15, 0.2) is 11.9 Å². The van der Waals surface area contributed by atoms with Crippen LogP contribution in [0.4, 0.5) is 17.1 Å². The quantitative estimate of drug-likeness (QED) is 0.269. The summed E-state index contributed by atoms with van der Waals surface area (Å²) in [6, 6.07) is 7.74. The van der Waals surface area contributed by atoms with Gasteiger partial charge in [0.1, 0.15) is 22.9 Å². The Morgan fingerprint density at radius 3 is 2.60 bits per heavy atom. The number of carbonyl (C=O) groups excluding carboxylic acids is 1. The van der Waals surface area contributed by atoms with E-state index in [4.69, 9.17) is 9.25 Å². The maximum Gasteiger partial charge on any atom is 0.263 e. The molecule has 1 aromatic heterocycles. The minimum absolute atomic E-state index is 0.00473. The van der Waals surface area contributed by atoms with E-state index in [0.29, 0.717) is 12.2 Å². The SMILES string of the molecule is CC[C@@H](Nc1c(Nc2cccc(C(=O)N(C)C3=NOC(C)C#C3)c2O)c(=O)c1=O)c1ccc(C)o1. The largest absolute Gasteiger partial charge is 0.505 e. The zero-order valence-corrected chi connectivity index (χ0v) is 19.6. The molecule has 1 amide bonds. The summed E-state index contributed by atoms with van der Waals surface area (Å²) in [5.74, 6) is 5.99. The summed E-state index contributed by atoms with van der Waals surface area (Å²) in [4.78, 5) is 43.8. The molecule has 0 bridgehead atoms.